The van der Waals surface area contributed by atoms with Crippen molar-refractivity contribution >= 4 is 40.8 Å². The van der Waals surface area contributed by atoms with Crippen molar-refractivity contribution in [2.24, 2.45) is 0 Å². The lowest BCUT2D eigenvalue weighted by atomic mass is 10.1. The Bertz CT molecular complexity index is 1510. The fourth-order valence-electron chi connectivity index (χ4n) is 4.85. The maximum Gasteiger partial charge on any atom is 0.324 e. The van der Waals surface area contributed by atoms with Crippen LogP contribution in [0.15, 0.2) is 89.3 Å². The van der Waals surface area contributed by atoms with E-state index in [2.05, 4.69) is 10.2 Å². The number of hydrogen-bond acceptors (Lipinski definition) is 4. The number of amides is 3. The molecule has 5 rings (SSSR count). The third-order valence-corrected chi connectivity index (χ3v) is 7.88. The zero-order chi connectivity index (χ0) is 29.5. The SMILES string of the molecule is O=C(NCCc1ccccc1)c1ccc(CN(C(=O)N2CCN(Cc3ccc(Cl)c(Cl)c3)CC2)c2ccc(F)cc2)o1. The van der Waals surface area contributed by atoms with Gasteiger partial charge in [0.25, 0.3) is 5.91 Å². The summed E-state index contributed by atoms with van der Waals surface area (Å²) >= 11 is 12.2. The number of carbonyl (C=O) groups is 2. The summed E-state index contributed by atoms with van der Waals surface area (Å²) in [7, 11) is 0. The number of halogens is 3. The molecule has 4 aromatic rings. The standard InChI is InChI=1S/C32H31Cl2FN4O3/c33-28-12-6-24(20-29(28)34)21-37-16-18-38(19-17-37)32(41)39(26-9-7-25(35)8-10-26)22-27-11-13-30(42-27)31(40)36-15-14-23-4-2-1-3-5-23/h1-13,20H,14-19,21-22H2,(H,36,40). The first-order chi connectivity index (χ1) is 20.4. The van der Waals surface area contributed by atoms with Gasteiger partial charge in [0.2, 0.25) is 0 Å². The van der Waals surface area contributed by atoms with Crippen molar-refractivity contribution in [1.29, 1.82) is 0 Å². The number of urea groups is 1. The van der Waals surface area contributed by atoms with Gasteiger partial charge in [-0.1, -0.05) is 59.6 Å². The molecule has 0 atom stereocenters. The number of anilines is 1. The van der Waals surface area contributed by atoms with Gasteiger partial charge in [0.15, 0.2) is 5.76 Å². The van der Waals surface area contributed by atoms with Crippen LogP contribution in [0.5, 0.6) is 0 Å². The number of rotatable bonds is 9. The monoisotopic (exact) mass is 608 g/mol. The molecule has 0 spiro atoms. The number of carbonyl (C=O) groups excluding carboxylic acids is 2. The zero-order valence-electron chi connectivity index (χ0n) is 22.9. The minimum Gasteiger partial charge on any atom is -0.454 e. The Morgan fingerprint density at radius 1 is 0.857 bits per heavy atom. The van der Waals surface area contributed by atoms with Crippen LogP contribution in [0, 0.1) is 5.82 Å². The number of benzene rings is 3. The first kappa shape index (κ1) is 29.6. The molecule has 1 fully saturated rings. The topological polar surface area (TPSA) is 69.0 Å². The fourth-order valence-corrected chi connectivity index (χ4v) is 5.17. The van der Waals surface area contributed by atoms with Gasteiger partial charge in [-0.05, 0) is 66.1 Å². The molecule has 0 aliphatic carbocycles. The largest absolute Gasteiger partial charge is 0.454 e. The molecular weight excluding hydrogens is 578 g/mol. The Hall–Kier alpha value is -3.85. The molecule has 218 valence electrons. The summed E-state index contributed by atoms with van der Waals surface area (Å²) in [6.45, 7) is 3.65. The highest BCUT2D eigenvalue weighted by atomic mass is 35.5. The Balaban J connectivity index is 1.21. The molecule has 7 nitrogen and oxygen atoms in total. The van der Waals surface area contributed by atoms with Crippen molar-refractivity contribution in [3.63, 3.8) is 0 Å². The van der Waals surface area contributed by atoms with Crippen molar-refractivity contribution in [2.75, 3.05) is 37.6 Å². The number of nitrogens with one attached hydrogen (secondary N) is 1. The summed E-state index contributed by atoms with van der Waals surface area (Å²) in [6, 6.07) is 24.3. The van der Waals surface area contributed by atoms with E-state index in [0.717, 1.165) is 11.1 Å². The zero-order valence-corrected chi connectivity index (χ0v) is 24.5. The summed E-state index contributed by atoms with van der Waals surface area (Å²) in [6.07, 6.45) is 0.702. The van der Waals surface area contributed by atoms with E-state index in [1.165, 1.54) is 12.1 Å². The van der Waals surface area contributed by atoms with E-state index in [1.807, 2.05) is 42.5 Å². The predicted molar refractivity (Wildman–Crippen MR) is 162 cm³/mol. The fraction of sp³-hybridized carbons (Fsp3) is 0.250. The Morgan fingerprint density at radius 2 is 1.60 bits per heavy atom. The molecule has 1 aromatic heterocycles. The number of piperazine rings is 1. The minimum atomic E-state index is -0.394. The molecule has 1 aliphatic rings. The van der Waals surface area contributed by atoms with Gasteiger partial charge in [-0.25, -0.2) is 9.18 Å². The van der Waals surface area contributed by atoms with E-state index in [9.17, 15) is 14.0 Å². The third-order valence-electron chi connectivity index (χ3n) is 7.14. The second kappa shape index (κ2) is 13.9. The van der Waals surface area contributed by atoms with Gasteiger partial charge in [0, 0.05) is 45.0 Å². The average molecular weight is 610 g/mol. The third kappa shape index (κ3) is 7.70. The van der Waals surface area contributed by atoms with E-state index in [0.29, 0.717) is 67.2 Å². The molecule has 0 radical (unpaired) electrons. The molecule has 1 saturated heterocycles. The van der Waals surface area contributed by atoms with Gasteiger partial charge in [-0.3, -0.25) is 14.6 Å². The second-order valence-corrected chi connectivity index (χ2v) is 10.9. The van der Waals surface area contributed by atoms with Gasteiger partial charge in [0.05, 0.1) is 16.6 Å². The summed E-state index contributed by atoms with van der Waals surface area (Å²) in [5.74, 6) is -0.107. The molecule has 3 amide bonds. The number of hydrogen-bond donors (Lipinski definition) is 1. The molecular formula is C32H31Cl2FN4O3. The van der Waals surface area contributed by atoms with E-state index in [-0.39, 0.29) is 24.2 Å². The Morgan fingerprint density at radius 3 is 2.31 bits per heavy atom. The maximum absolute atomic E-state index is 13.7. The highest BCUT2D eigenvalue weighted by Gasteiger charge is 2.27. The highest BCUT2D eigenvalue weighted by molar-refractivity contribution is 6.42. The van der Waals surface area contributed by atoms with Crippen LogP contribution in [0.1, 0.15) is 27.4 Å². The van der Waals surface area contributed by atoms with Crippen LogP contribution in [-0.2, 0) is 19.5 Å². The molecule has 2 heterocycles. The summed E-state index contributed by atoms with van der Waals surface area (Å²) in [5.41, 5.74) is 2.71. The van der Waals surface area contributed by atoms with Crippen LogP contribution in [0.25, 0.3) is 0 Å². The Labute approximate surface area is 254 Å². The van der Waals surface area contributed by atoms with E-state index >= 15 is 0 Å². The van der Waals surface area contributed by atoms with Gasteiger partial charge >= 0.3 is 6.03 Å². The molecule has 1 aliphatic heterocycles. The van der Waals surface area contributed by atoms with Crippen molar-refractivity contribution in [2.45, 2.75) is 19.5 Å². The molecule has 1 N–H and O–H groups in total. The van der Waals surface area contributed by atoms with Gasteiger partial charge < -0.3 is 14.6 Å². The van der Waals surface area contributed by atoms with Crippen molar-refractivity contribution < 1.29 is 18.4 Å². The minimum absolute atomic E-state index is 0.0885. The van der Waals surface area contributed by atoms with Gasteiger partial charge in [0.1, 0.15) is 11.6 Å². The first-order valence-corrected chi connectivity index (χ1v) is 14.5. The van der Waals surface area contributed by atoms with E-state index in [4.69, 9.17) is 27.6 Å². The summed E-state index contributed by atoms with van der Waals surface area (Å²) in [5, 5.41) is 3.91. The Kier molecular flexibility index (Phi) is 9.79. The lowest BCUT2D eigenvalue weighted by Gasteiger charge is -2.37. The molecule has 0 saturated carbocycles. The van der Waals surface area contributed by atoms with Crippen LogP contribution < -0.4 is 10.2 Å². The molecule has 0 unspecified atom stereocenters. The van der Waals surface area contributed by atoms with Crippen LogP contribution in [0.3, 0.4) is 0 Å². The van der Waals surface area contributed by atoms with Crippen molar-refractivity contribution in [1.82, 2.24) is 15.1 Å². The lowest BCUT2D eigenvalue weighted by Crippen LogP contribution is -2.52. The van der Waals surface area contributed by atoms with Crippen molar-refractivity contribution in [3.8, 4) is 0 Å². The van der Waals surface area contributed by atoms with Crippen molar-refractivity contribution in [3.05, 3.63) is 123 Å². The van der Waals surface area contributed by atoms with Gasteiger partial charge in [-0.2, -0.15) is 0 Å². The normalized spacial score (nSPS) is 13.6. The van der Waals surface area contributed by atoms with Gasteiger partial charge in [-0.15, -0.1) is 0 Å². The summed E-state index contributed by atoms with van der Waals surface area (Å²) < 4.78 is 19.5. The first-order valence-electron chi connectivity index (χ1n) is 13.7. The summed E-state index contributed by atoms with van der Waals surface area (Å²) in [4.78, 5) is 32.0. The van der Waals surface area contributed by atoms with E-state index < -0.39 is 5.82 Å². The van der Waals surface area contributed by atoms with E-state index in [1.54, 1.807) is 40.1 Å². The number of nitrogens with zero attached hydrogens (tertiary/aromatic N) is 3. The number of furan rings is 1. The van der Waals surface area contributed by atoms with Crippen LogP contribution in [-0.4, -0.2) is 54.5 Å². The predicted octanol–water partition coefficient (Wildman–Crippen LogP) is 6.64. The second-order valence-electron chi connectivity index (χ2n) is 10.1. The average Bonchev–Trinajstić information content (AvgIpc) is 3.48. The molecule has 42 heavy (non-hydrogen) atoms. The van der Waals surface area contributed by atoms with Crippen LogP contribution in [0.2, 0.25) is 10.0 Å². The molecule has 3 aromatic carbocycles. The van der Waals surface area contributed by atoms with Crippen LogP contribution >= 0.6 is 23.2 Å². The maximum atomic E-state index is 13.7. The lowest BCUT2D eigenvalue weighted by molar-refractivity contribution is 0.0924. The quantitative estimate of drug-likeness (QED) is 0.231. The molecule has 10 heteroatoms. The van der Waals surface area contributed by atoms with Crippen LogP contribution in [0.4, 0.5) is 14.9 Å². The smallest absolute Gasteiger partial charge is 0.324 e. The molecule has 0 bridgehead atoms. The highest BCUT2D eigenvalue weighted by Crippen LogP contribution is 2.25.